The zero-order valence-electron chi connectivity index (χ0n) is 16.2. The minimum Gasteiger partial charge on any atom is -0.458 e. The van der Waals surface area contributed by atoms with Crippen molar-refractivity contribution in [2.24, 2.45) is 5.73 Å². The molecular weight excluding hydrogens is 389 g/mol. The van der Waals surface area contributed by atoms with Gasteiger partial charge in [-0.05, 0) is 42.5 Å². The van der Waals surface area contributed by atoms with Crippen LogP contribution in [0.3, 0.4) is 0 Å². The summed E-state index contributed by atoms with van der Waals surface area (Å²) >= 11 is 0. The number of nitrogens with zero attached hydrogens (tertiary/aromatic N) is 2. The Balaban J connectivity index is 1.70. The van der Waals surface area contributed by atoms with E-state index in [4.69, 9.17) is 15.5 Å². The minimum absolute atomic E-state index is 0.170. The van der Waals surface area contributed by atoms with E-state index in [9.17, 15) is 19.1 Å². The van der Waals surface area contributed by atoms with Crippen LogP contribution in [0.25, 0.3) is 22.3 Å². The summed E-state index contributed by atoms with van der Waals surface area (Å²) in [5.74, 6) is -1.10. The summed E-state index contributed by atoms with van der Waals surface area (Å²) in [7, 11) is 0. The summed E-state index contributed by atoms with van der Waals surface area (Å²) in [5.41, 5.74) is 11.5. The molecule has 0 bridgehead atoms. The summed E-state index contributed by atoms with van der Waals surface area (Å²) in [6.45, 7) is 1.89. The van der Waals surface area contributed by atoms with Gasteiger partial charge < -0.3 is 20.1 Å². The van der Waals surface area contributed by atoms with Crippen molar-refractivity contribution in [1.82, 2.24) is 9.55 Å². The van der Waals surface area contributed by atoms with Crippen LogP contribution in [0.15, 0.2) is 16.9 Å². The predicted molar refractivity (Wildman–Crippen MR) is 105 cm³/mol. The number of ether oxygens (including phenoxy) is 1. The van der Waals surface area contributed by atoms with Crippen molar-refractivity contribution >= 4 is 16.9 Å². The molecule has 2 aromatic heterocycles. The maximum absolute atomic E-state index is 14.6. The lowest BCUT2D eigenvalue weighted by molar-refractivity contribution is -0.157. The average Bonchev–Trinajstić information content (AvgIpc) is 3.09. The number of aliphatic hydroxyl groups is 1. The quantitative estimate of drug-likeness (QED) is 0.431. The van der Waals surface area contributed by atoms with Crippen LogP contribution in [0, 0.1) is 12.7 Å². The van der Waals surface area contributed by atoms with Crippen molar-refractivity contribution in [3.05, 3.63) is 61.7 Å². The second kappa shape index (κ2) is 5.74. The minimum atomic E-state index is -1.51. The zero-order valence-corrected chi connectivity index (χ0v) is 16.2. The molecule has 1 aliphatic carbocycles. The third-order valence-electron chi connectivity index (χ3n) is 6.69. The van der Waals surface area contributed by atoms with Crippen LogP contribution in [0.1, 0.15) is 51.9 Å². The topological polar surface area (TPSA) is 107 Å². The number of esters is 1. The highest BCUT2D eigenvalue weighted by molar-refractivity contribution is 5.93. The molecule has 8 heteroatoms. The maximum atomic E-state index is 14.6. The highest BCUT2D eigenvalue weighted by atomic mass is 19.1. The number of aromatic nitrogens is 2. The normalized spacial score (nSPS) is 21.3. The standard InChI is InChI=1S/C22H18FN3O4/c1-8-9-2-3-14(24)17-11-6-26-16(19(11)25-15(18(9)17)5-13(8)23)4-10-12(21(26)28)7-30-22(29)20(10)27/h4-5,14,20,27H,2-3,6-7,24H2,1H3/t14-,20-/m0/s1. The number of carbonyl (C=O) groups is 1. The number of aliphatic hydroxyl groups excluding tert-OH is 1. The van der Waals surface area contributed by atoms with E-state index in [-0.39, 0.29) is 35.2 Å². The molecule has 0 fully saturated rings. The number of hydrogen-bond donors (Lipinski definition) is 2. The number of cyclic esters (lactones) is 1. The third-order valence-corrected chi connectivity index (χ3v) is 6.69. The number of pyridine rings is 2. The van der Waals surface area contributed by atoms with Gasteiger partial charge in [-0.3, -0.25) is 4.79 Å². The van der Waals surface area contributed by atoms with Gasteiger partial charge in [-0.2, -0.15) is 0 Å². The first-order chi connectivity index (χ1) is 14.4. The lowest BCUT2D eigenvalue weighted by Gasteiger charge is -2.26. The van der Waals surface area contributed by atoms with Crippen LogP contribution < -0.4 is 11.3 Å². The second-order valence-corrected chi connectivity index (χ2v) is 8.22. The van der Waals surface area contributed by atoms with Crippen molar-refractivity contribution in [3.63, 3.8) is 0 Å². The SMILES string of the molecule is Cc1c(F)cc2nc3c(c4c2c1CC[C@@H]4N)Cn1c-3cc2c(c1=O)COC(=O)[C@H]2O. The Morgan fingerprint density at radius 1 is 1.27 bits per heavy atom. The molecule has 0 unspecified atom stereocenters. The van der Waals surface area contributed by atoms with Crippen LogP contribution >= 0.6 is 0 Å². The van der Waals surface area contributed by atoms with E-state index in [1.807, 2.05) is 0 Å². The molecule has 3 N–H and O–H groups in total. The number of carbonyl (C=O) groups excluding carboxylic acids is 1. The number of halogens is 1. The Morgan fingerprint density at radius 3 is 2.87 bits per heavy atom. The lowest BCUT2D eigenvalue weighted by atomic mass is 9.82. The molecular formula is C22H18FN3O4. The molecule has 0 amide bonds. The molecule has 2 aliphatic heterocycles. The van der Waals surface area contributed by atoms with Crippen LogP contribution in [0.2, 0.25) is 0 Å². The highest BCUT2D eigenvalue weighted by Crippen LogP contribution is 2.44. The molecule has 3 aliphatic rings. The van der Waals surface area contributed by atoms with Crippen LogP contribution in [-0.4, -0.2) is 20.6 Å². The molecule has 0 saturated heterocycles. The summed E-state index contributed by atoms with van der Waals surface area (Å²) in [5, 5.41) is 11.1. The molecule has 0 radical (unpaired) electrons. The number of benzene rings is 1. The van der Waals surface area contributed by atoms with Gasteiger partial charge in [0.25, 0.3) is 5.56 Å². The van der Waals surface area contributed by atoms with Gasteiger partial charge in [0.2, 0.25) is 0 Å². The van der Waals surface area contributed by atoms with Crippen LogP contribution in [-0.2, 0) is 29.1 Å². The molecule has 7 nitrogen and oxygen atoms in total. The smallest absolute Gasteiger partial charge is 0.340 e. The van der Waals surface area contributed by atoms with Crippen molar-refractivity contribution in [1.29, 1.82) is 0 Å². The summed E-state index contributed by atoms with van der Waals surface area (Å²) in [6.07, 6.45) is -0.142. The maximum Gasteiger partial charge on any atom is 0.340 e. The molecule has 6 rings (SSSR count). The van der Waals surface area contributed by atoms with Gasteiger partial charge in [0.05, 0.1) is 29.0 Å². The molecule has 0 saturated carbocycles. The summed E-state index contributed by atoms with van der Waals surface area (Å²) < 4.78 is 21.1. The Hall–Kier alpha value is -3.10. The molecule has 1 aromatic carbocycles. The van der Waals surface area contributed by atoms with E-state index >= 15 is 0 Å². The number of fused-ring (bicyclic) bond motifs is 5. The average molecular weight is 407 g/mol. The fourth-order valence-corrected chi connectivity index (χ4v) is 5.14. The predicted octanol–water partition coefficient (Wildman–Crippen LogP) is 1.91. The first kappa shape index (κ1) is 17.7. The Bertz CT molecular complexity index is 1380. The van der Waals surface area contributed by atoms with E-state index in [0.717, 1.165) is 22.1 Å². The van der Waals surface area contributed by atoms with Gasteiger partial charge in [-0.1, -0.05) is 0 Å². The Morgan fingerprint density at radius 2 is 2.07 bits per heavy atom. The fraction of sp³-hybridized carbons (Fsp3) is 0.318. The zero-order chi connectivity index (χ0) is 20.9. The molecule has 30 heavy (non-hydrogen) atoms. The van der Waals surface area contributed by atoms with Gasteiger partial charge in [0.1, 0.15) is 12.4 Å². The Labute approximate surface area is 169 Å². The van der Waals surface area contributed by atoms with E-state index in [1.54, 1.807) is 17.6 Å². The first-order valence-corrected chi connectivity index (χ1v) is 9.88. The number of hydrogen-bond acceptors (Lipinski definition) is 6. The molecule has 4 heterocycles. The van der Waals surface area contributed by atoms with E-state index in [0.29, 0.717) is 41.9 Å². The van der Waals surface area contributed by atoms with Crippen molar-refractivity contribution < 1.29 is 19.0 Å². The third kappa shape index (κ3) is 2.07. The van der Waals surface area contributed by atoms with Gasteiger partial charge in [0, 0.05) is 28.6 Å². The molecule has 2 atom stereocenters. The van der Waals surface area contributed by atoms with Gasteiger partial charge >= 0.3 is 5.97 Å². The van der Waals surface area contributed by atoms with Crippen molar-refractivity contribution in [3.8, 4) is 11.4 Å². The number of aryl methyl sites for hydroxylation is 1. The fourth-order valence-electron chi connectivity index (χ4n) is 5.14. The van der Waals surface area contributed by atoms with Gasteiger partial charge in [-0.15, -0.1) is 0 Å². The largest absolute Gasteiger partial charge is 0.458 e. The monoisotopic (exact) mass is 407 g/mol. The highest BCUT2D eigenvalue weighted by Gasteiger charge is 2.36. The summed E-state index contributed by atoms with van der Waals surface area (Å²) in [6, 6.07) is 2.80. The van der Waals surface area contributed by atoms with Crippen LogP contribution in [0.5, 0.6) is 0 Å². The van der Waals surface area contributed by atoms with Crippen LogP contribution in [0.4, 0.5) is 4.39 Å². The first-order valence-electron chi connectivity index (χ1n) is 9.88. The van der Waals surface area contributed by atoms with E-state index in [1.165, 1.54) is 6.07 Å². The van der Waals surface area contributed by atoms with Crippen molar-refractivity contribution in [2.75, 3.05) is 0 Å². The van der Waals surface area contributed by atoms with E-state index in [2.05, 4.69) is 0 Å². The Kier molecular flexibility index (Phi) is 3.39. The molecule has 0 spiro atoms. The van der Waals surface area contributed by atoms with Crippen molar-refractivity contribution in [2.45, 2.75) is 45.1 Å². The molecule has 152 valence electrons. The van der Waals surface area contributed by atoms with Gasteiger partial charge in [-0.25, -0.2) is 14.2 Å². The lowest BCUT2D eigenvalue weighted by Crippen LogP contribution is -2.32. The number of nitrogens with two attached hydrogens (primary N) is 1. The van der Waals surface area contributed by atoms with Gasteiger partial charge in [0.15, 0.2) is 6.10 Å². The molecule has 3 aromatic rings. The number of rotatable bonds is 0. The second-order valence-electron chi connectivity index (χ2n) is 8.22. The van der Waals surface area contributed by atoms with E-state index < -0.39 is 12.1 Å². The summed E-state index contributed by atoms with van der Waals surface area (Å²) in [4.78, 5) is 29.6.